The maximum atomic E-state index is 13.0. The topological polar surface area (TPSA) is 41.1 Å². The molecule has 0 saturated carbocycles. The third kappa shape index (κ3) is 1.85. The lowest BCUT2D eigenvalue weighted by molar-refractivity contribution is -0.117. The van der Waals surface area contributed by atoms with Gasteiger partial charge in [-0.05, 0) is 31.2 Å². The Morgan fingerprint density at radius 1 is 1.53 bits per heavy atom. The minimum Gasteiger partial charge on any atom is -0.324 e. The zero-order valence-corrected chi connectivity index (χ0v) is 8.51. The van der Waals surface area contributed by atoms with E-state index in [2.05, 4.69) is 10.6 Å². The maximum Gasteiger partial charge on any atom is 0.246 e. The van der Waals surface area contributed by atoms with Crippen molar-refractivity contribution in [1.82, 2.24) is 5.32 Å². The molecule has 0 aliphatic carbocycles. The van der Waals surface area contributed by atoms with Gasteiger partial charge >= 0.3 is 0 Å². The van der Waals surface area contributed by atoms with Gasteiger partial charge in [-0.15, -0.1) is 0 Å². The maximum absolute atomic E-state index is 13.0. The van der Waals surface area contributed by atoms with Crippen LogP contribution in [0, 0.1) is 5.82 Å². The van der Waals surface area contributed by atoms with Crippen LogP contribution in [0.1, 0.15) is 24.9 Å². The van der Waals surface area contributed by atoms with E-state index in [1.165, 1.54) is 12.1 Å². The summed E-state index contributed by atoms with van der Waals surface area (Å²) in [7, 11) is 0. The van der Waals surface area contributed by atoms with Crippen molar-refractivity contribution in [2.24, 2.45) is 0 Å². The molecule has 1 heterocycles. The highest BCUT2D eigenvalue weighted by molar-refractivity contribution is 6.02. The molecule has 0 saturated heterocycles. The van der Waals surface area contributed by atoms with E-state index in [9.17, 15) is 9.18 Å². The Bertz CT molecular complexity index is 392. The van der Waals surface area contributed by atoms with E-state index in [0.29, 0.717) is 11.3 Å². The van der Waals surface area contributed by atoms with E-state index in [4.69, 9.17) is 0 Å². The van der Waals surface area contributed by atoms with Crippen LogP contribution in [0.4, 0.5) is 10.1 Å². The zero-order chi connectivity index (χ0) is 10.8. The first-order chi connectivity index (χ1) is 7.22. The van der Waals surface area contributed by atoms with E-state index in [1.807, 2.05) is 6.92 Å². The summed E-state index contributed by atoms with van der Waals surface area (Å²) in [6, 6.07) is 3.94. The van der Waals surface area contributed by atoms with Crippen molar-refractivity contribution in [2.75, 3.05) is 11.9 Å². The van der Waals surface area contributed by atoms with E-state index >= 15 is 0 Å². The van der Waals surface area contributed by atoms with Gasteiger partial charge in [0.15, 0.2) is 0 Å². The normalized spacial score (nSPS) is 18.8. The molecule has 0 bridgehead atoms. The SMILES string of the molecule is CCCNC1C(=O)Nc2ccc(F)cc21. The fraction of sp³-hybridized carbons (Fsp3) is 0.364. The molecular weight excluding hydrogens is 195 g/mol. The van der Waals surface area contributed by atoms with Crippen LogP contribution in [0.25, 0.3) is 0 Å². The summed E-state index contributed by atoms with van der Waals surface area (Å²) in [4.78, 5) is 11.6. The van der Waals surface area contributed by atoms with Gasteiger partial charge in [0, 0.05) is 11.3 Å². The third-order valence-corrected chi connectivity index (χ3v) is 2.44. The van der Waals surface area contributed by atoms with Crippen LogP contribution in [0.5, 0.6) is 0 Å². The summed E-state index contributed by atoms with van der Waals surface area (Å²) in [6.07, 6.45) is 0.939. The van der Waals surface area contributed by atoms with Crippen molar-refractivity contribution in [3.63, 3.8) is 0 Å². The second-order valence-corrected chi connectivity index (χ2v) is 3.61. The summed E-state index contributed by atoms with van der Waals surface area (Å²) < 4.78 is 13.0. The molecule has 2 N–H and O–H groups in total. The molecule has 0 radical (unpaired) electrons. The summed E-state index contributed by atoms with van der Waals surface area (Å²) in [5.74, 6) is -0.419. The molecule has 1 aliphatic rings. The average Bonchev–Trinajstić information content (AvgIpc) is 2.51. The van der Waals surface area contributed by atoms with Gasteiger partial charge in [0.25, 0.3) is 0 Å². The first-order valence-corrected chi connectivity index (χ1v) is 5.06. The van der Waals surface area contributed by atoms with E-state index in [0.717, 1.165) is 13.0 Å². The van der Waals surface area contributed by atoms with Crippen LogP contribution >= 0.6 is 0 Å². The number of hydrogen-bond donors (Lipinski definition) is 2. The first-order valence-electron chi connectivity index (χ1n) is 5.06. The largest absolute Gasteiger partial charge is 0.324 e. The number of amides is 1. The molecular formula is C11H13FN2O. The van der Waals surface area contributed by atoms with E-state index in [1.54, 1.807) is 6.07 Å². The van der Waals surface area contributed by atoms with Crippen molar-refractivity contribution in [3.8, 4) is 0 Å². The molecule has 0 fully saturated rings. The van der Waals surface area contributed by atoms with Crippen molar-refractivity contribution in [3.05, 3.63) is 29.6 Å². The van der Waals surface area contributed by atoms with Gasteiger partial charge in [0.05, 0.1) is 0 Å². The number of carbonyl (C=O) groups excluding carboxylic acids is 1. The molecule has 1 aromatic rings. The number of anilines is 1. The summed E-state index contributed by atoms with van der Waals surface area (Å²) in [6.45, 7) is 2.76. The lowest BCUT2D eigenvalue weighted by atomic mass is 10.1. The Balaban J connectivity index is 2.27. The van der Waals surface area contributed by atoms with Gasteiger partial charge in [0.2, 0.25) is 5.91 Å². The predicted molar refractivity (Wildman–Crippen MR) is 56.1 cm³/mol. The van der Waals surface area contributed by atoms with E-state index in [-0.39, 0.29) is 11.7 Å². The number of nitrogens with one attached hydrogen (secondary N) is 2. The van der Waals surface area contributed by atoms with Crippen molar-refractivity contribution >= 4 is 11.6 Å². The molecule has 4 heteroatoms. The zero-order valence-electron chi connectivity index (χ0n) is 8.51. The third-order valence-electron chi connectivity index (χ3n) is 2.44. The van der Waals surface area contributed by atoms with Gasteiger partial charge in [0.1, 0.15) is 11.9 Å². The minimum atomic E-state index is -0.407. The summed E-state index contributed by atoms with van der Waals surface area (Å²) >= 11 is 0. The standard InChI is InChI=1S/C11H13FN2O/c1-2-5-13-10-8-6-7(12)3-4-9(8)14-11(10)15/h3-4,6,10,13H,2,5H2,1H3,(H,14,15). The number of carbonyl (C=O) groups is 1. The van der Waals surface area contributed by atoms with Gasteiger partial charge in [-0.2, -0.15) is 0 Å². The highest BCUT2D eigenvalue weighted by atomic mass is 19.1. The smallest absolute Gasteiger partial charge is 0.246 e. The highest BCUT2D eigenvalue weighted by Gasteiger charge is 2.29. The first kappa shape index (κ1) is 10.1. The Kier molecular flexibility index (Phi) is 2.68. The van der Waals surface area contributed by atoms with Crippen LogP contribution in [0.2, 0.25) is 0 Å². The number of halogens is 1. The van der Waals surface area contributed by atoms with Crippen LogP contribution in [0.3, 0.4) is 0 Å². The summed E-state index contributed by atoms with van der Waals surface area (Å²) in [5.41, 5.74) is 1.41. The molecule has 1 amide bonds. The van der Waals surface area contributed by atoms with Crippen molar-refractivity contribution in [1.29, 1.82) is 0 Å². The molecule has 0 aromatic heterocycles. The Hall–Kier alpha value is -1.42. The second-order valence-electron chi connectivity index (χ2n) is 3.61. The van der Waals surface area contributed by atoms with Crippen LogP contribution in [0.15, 0.2) is 18.2 Å². The number of hydrogen-bond acceptors (Lipinski definition) is 2. The Morgan fingerprint density at radius 2 is 2.33 bits per heavy atom. The Morgan fingerprint density at radius 3 is 3.07 bits per heavy atom. The molecule has 1 atom stereocenters. The van der Waals surface area contributed by atoms with E-state index < -0.39 is 6.04 Å². The van der Waals surface area contributed by atoms with Gasteiger partial charge in [-0.25, -0.2) is 4.39 Å². The van der Waals surface area contributed by atoms with Crippen LogP contribution in [-0.4, -0.2) is 12.5 Å². The van der Waals surface area contributed by atoms with Crippen molar-refractivity contribution < 1.29 is 9.18 Å². The average molecular weight is 208 g/mol. The monoisotopic (exact) mass is 208 g/mol. The van der Waals surface area contributed by atoms with Gasteiger partial charge in [-0.3, -0.25) is 4.79 Å². The minimum absolute atomic E-state index is 0.107. The molecule has 80 valence electrons. The van der Waals surface area contributed by atoms with Crippen molar-refractivity contribution in [2.45, 2.75) is 19.4 Å². The quantitative estimate of drug-likeness (QED) is 0.795. The highest BCUT2D eigenvalue weighted by Crippen LogP contribution is 2.30. The number of benzene rings is 1. The lowest BCUT2D eigenvalue weighted by Crippen LogP contribution is -2.28. The summed E-state index contributed by atoms with van der Waals surface area (Å²) in [5, 5.41) is 5.80. The van der Waals surface area contributed by atoms with Gasteiger partial charge < -0.3 is 10.6 Å². The number of rotatable bonds is 3. The molecule has 1 unspecified atom stereocenters. The fourth-order valence-electron chi connectivity index (χ4n) is 1.72. The van der Waals surface area contributed by atoms with Gasteiger partial charge in [-0.1, -0.05) is 6.92 Å². The lowest BCUT2D eigenvalue weighted by Gasteiger charge is -2.09. The molecule has 2 rings (SSSR count). The molecule has 15 heavy (non-hydrogen) atoms. The van der Waals surface area contributed by atoms with Crippen LogP contribution < -0.4 is 10.6 Å². The van der Waals surface area contributed by atoms with Crippen LogP contribution in [-0.2, 0) is 4.79 Å². The molecule has 1 aliphatic heterocycles. The second kappa shape index (κ2) is 3.98. The molecule has 0 spiro atoms. The fourth-order valence-corrected chi connectivity index (χ4v) is 1.72. The Labute approximate surface area is 87.7 Å². The number of fused-ring (bicyclic) bond motifs is 1. The predicted octanol–water partition coefficient (Wildman–Crippen LogP) is 1.82. The molecule has 1 aromatic carbocycles. The molecule has 3 nitrogen and oxygen atoms in total.